The summed E-state index contributed by atoms with van der Waals surface area (Å²) in [4.78, 5) is 4.88. The topological polar surface area (TPSA) is 47.7 Å². The number of hydrogen-bond acceptors (Lipinski definition) is 6. The SMILES string of the molecule is Cn1c(C2COc3ccccc3O2)nn(CN2CCN(C/C=C/c3ccccc3)CC2)c1=S. The molecule has 8 heteroatoms. The van der Waals surface area contributed by atoms with Gasteiger partial charge in [0.1, 0.15) is 6.61 Å². The summed E-state index contributed by atoms with van der Waals surface area (Å²) < 4.78 is 16.5. The van der Waals surface area contributed by atoms with Crippen molar-refractivity contribution >= 4 is 18.3 Å². The summed E-state index contributed by atoms with van der Waals surface area (Å²) in [5.74, 6) is 2.30. The molecule has 0 N–H and O–H groups in total. The number of piperazine rings is 1. The van der Waals surface area contributed by atoms with Crippen molar-refractivity contribution in [2.45, 2.75) is 12.8 Å². The summed E-state index contributed by atoms with van der Waals surface area (Å²) in [6.45, 7) is 6.12. The van der Waals surface area contributed by atoms with Crippen LogP contribution in [0, 0.1) is 4.77 Å². The zero-order valence-electron chi connectivity index (χ0n) is 18.8. The van der Waals surface area contributed by atoms with Gasteiger partial charge in [-0.3, -0.25) is 9.80 Å². The van der Waals surface area contributed by atoms with Gasteiger partial charge in [-0.05, 0) is 29.9 Å². The number of hydrogen-bond donors (Lipinski definition) is 0. The fraction of sp³-hybridized carbons (Fsp3) is 0.360. The van der Waals surface area contributed by atoms with Crippen LogP contribution in [0.25, 0.3) is 6.08 Å². The average Bonchev–Trinajstić information content (AvgIpc) is 3.14. The first-order chi connectivity index (χ1) is 16.2. The summed E-state index contributed by atoms with van der Waals surface area (Å²) >= 11 is 5.68. The lowest BCUT2D eigenvalue weighted by molar-refractivity contribution is 0.0811. The first-order valence-corrected chi connectivity index (χ1v) is 11.8. The highest BCUT2D eigenvalue weighted by Gasteiger charge is 2.27. The number of ether oxygens (including phenoxy) is 2. The van der Waals surface area contributed by atoms with Crippen LogP contribution in [-0.2, 0) is 13.7 Å². The maximum absolute atomic E-state index is 6.15. The van der Waals surface area contributed by atoms with E-state index >= 15 is 0 Å². The molecular formula is C25H29N5O2S. The highest BCUT2D eigenvalue weighted by Crippen LogP contribution is 2.35. The molecule has 7 nitrogen and oxygen atoms in total. The molecule has 33 heavy (non-hydrogen) atoms. The van der Waals surface area contributed by atoms with Crippen LogP contribution >= 0.6 is 12.2 Å². The maximum Gasteiger partial charge on any atom is 0.198 e. The minimum atomic E-state index is -0.277. The highest BCUT2D eigenvalue weighted by atomic mass is 32.1. The first kappa shape index (κ1) is 21.9. The molecule has 1 saturated heterocycles. The van der Waals surface area contributed by atoms with Crippen LogP contribution < -0.4 is 9.47 Å². The van der Waals surface area contributed by atoms with Gasteiger partial charge in [-0.1, -0.05) is 54.6 Å². The molecular weight excluding hydrogens is 434 g/mol. The zero-order valence-corrected chi connectivity index (χ0v) is 19.7. The number of para-hydroxylation sites is 2. The third-order valence-corrected chi connectivity index (χ3v) is 6.63. The van der Waals surface area contributed by atoms with Crippen molar-refractivity contribution < 1.29 is 9.47 Å². The Morgan fingerprint density at radius 1 is 0.970 bits per heavy atom. The molecule has 3 heterocycles. The lowest BCUT2D eigenvalue weighted by atomic mass is 10.2. The van der Waals surface area contributed by atoms with Gasteiger partial charge in [0.25, 0.3) is 0 Å². The van der Waals surface area contributed by atoms with E-state index in [0.29, 0.717) is 18.0 Å². The van der Waals surface area contributed by atoms with Gasteiger partial charge >= 0.3 is 0 Å². The Kier molecular flexibility index (Phi) is 6.57. The van der Waals surface area contributed by atoms with Crippen molar-refractivity contribution in [2.24, 2.45) is 7.05 Å². The smallest absolute Gasteiger partial charge is 0.198 e. The van der Waals surface area contributed by atoms with Gasteiger partial charge in [-0.25, -0.2) is 4.68 Å². The fourth-order valence-electron chi connectivity index (χ4n) is 4.23. The van der Waals surface area contributed by atoms with E-state index in [1.165, 1.54) is 5.56 Å². The van der Waals surface area contributed by atoms with Crippen molar-refractivity contribution in [3.63, 3.8) is 0 Å². The van der Waals surface area contributed by atoms with E-state index in [1.54, 1.807) is 0 Å². The van der Waals surface area contributed by atoms with Crippen LogP contribution in [0.5, 0.6) is 11.5 Å². The highest BCUT2D eigenvalue weighted by molar-refractivity contribution is 7.71. The Bertz CT molecular complexity index is 1170. The number of rotatable bonds is 6. The van der Waals surface area contributed by atoms with Crippen molar-refractivity contribution in [1.82, 2.24) is 24.1 Å². The van der Waals surface area contributed by atoms with Crippen molar-refractivity contribution in [1.29, 1.82) is 0 Å². The summed E-state index contributed by atoms with van der Waals surface area (Å²) in [5.41, 5.74) is 1.24. The van der Waals surface area contributed by atoms with E-state index in [1.807, 2.05) is 46.6 Å². The van der Waals surface area contributed by atoms with Gasteiger partial charge in [0.05, 0.1) is 6.67 Å². The van der Waals surface area contributed by atoms with Gasteiger partial charge in [-0.15, -0.1) is 0 Å². The number of aromatic nitrogens is 3. The van der Waals surface area contributed by atoms with Crippen molar-refractivity contribution in [3.8, 4) is 11.5 Å². The molecule has 172 valence electrons. The van der Waals surface area contributed by atoms with E-state index in [0.717, 1.165) is 50.0 Å². The quantitative estimate of drug-likeness (QED) is 0.519. The molecule has 0 bridgehead atoms. The van der Waals surface area contributed by atoms with E-state index in [2.05, 4.69) is 46.2 Å². The molecule has 1 aromatic heterocycles. The monoisotopic (exact) mass is 463 g/mol. The molecule has 0 spiro atoms. The van der Waals surface area contributed by atoms with E-state index in [-0.39, 0.29) is 6.10 Å². The second-order valence-corrected chi connectivity index (χ2v) is 8.80. The molecule has 1 fully saturated rings. The molecule has 2 aromatic carbocycles. The Balaban J connectivity index is 1.17. The first-order valence-electron chi connectivity index (χ1n) is 11.4. The van der Waals surface area contributed by atoms with Gasteiger partial charge in [-0.2, -0.15) is 5.10 Å². The summed E-state index contributed by atoms with van der Waals surface area (Å²) in [6.07, 6.45) is 4.16. The van der Waals surface area contributed by atoms with Gasteiger partial charge in [0.15, 0.2) is 28.2 Å². The van der Waals surface area contributed by atoms with Crippen LogP contribution in [0.4, 0.5) is 0 Å². The summed E-state index contributed by atoms with van der Waals surface area (Å²) in [5, 5.41) is 4.81. The third kappa shape index (κ3) is 5.03. The molecule has 0 saturated carbocycles. The average molecular weight is 464 g/mol. The molecule has 0 aliphatic carbocycles. The van der Waals surface area contributed by atoms with Gasteiger partial charge in [0.2, 0.25) is 0 Å². The normalized spacial score (nSPS) is 19.2. The second kappa shape index (κ2) is 9.91. The Morgan fingerprint density at radius 2 is 1.67 bits per heavy atom. The molecule has 0 radical (unpaired) electrons. The Labute approximate surface area is 199 Å². The Hall–Kier alpha value is -2.94. The molecule has 5 rings (SSSR count). The molecule has 1 unspecified atom stereocenters. The number of benzene rings is 2. The van der Waals surface area contributed by atoms with Gasteiger partial charge < -0.3 is 14.0 Å². The molecule has 1 atom stereocenters. The van der Waals surface area contributed by atoms with E-state index in [9.17, 15) is 0 Å². The van der Waals surface area contributed by atoms with E-state index < -0.39 is 0 Å². The number of fused-ring (bicyclic) bond motifs is 1. The van der Waals surface area contributed by atoms with Gasteiger partial charge in [0, 0.05) is 39.8 Å². The molecule has 2 aliphatic heterocycles. The molecule has 3 aromatic rings. The predicted octanol–water partition coefficient (Wildman–Crippen LogP) is 3.75. The van der Waals surface area contributed by atoms with Crippen LogP contribution in [-0.4, -0.2) is 63.5 Å². The minimum Gasteiger partial charge on any atom is -0.485 e. The second-order valence-electron chi connectivity index (χ2n) is 8.44. The van der Waals surface area contributed by atoms with Crippen LogP contribution in [0.3, 0.4) is 0 Å². The van der Waals surface area contributed by atoms with Crippen molar-refractivity contribution in [3.05, 3.63) is 76.8 Å². The number of nitrogens with zero attached hydrogens (tertiary/aromatic N) is 5. The standard InChI is InChI=1S/C25H29N5O2S/c1-27-24(23-18-31-21-11-5-6-12-22(21)32-23)26-30(25(27)33)19-29-16-14-28(15-17-29)13-7-10-20-8-3-2-4-9-20/h2-12,23H,13-19H2,1H3/b10-7+. The lowest BCUT2D eigenvalue weighted by Crippen LogP contribution is -2.46. The predicted molar refractivity (Wildman–Crippen MR) is 131 cm³/mol. The van der Waals surface area contributed by atoms with Crippen LogP contribution in [0.2, 0.25) is 0 Å². The fourth-order valence-corrected chi connectivity index (χ4v) is 4.42. The zero-order chi connectivity index (χ0) is 22.6. The van der Waals surface area contributed by atoms with Crippen LogP contribution in [0.1, 0.15) is 17.5 Å². The van der Waals surface area contributed by atoms with E-state index in [4.69, 9.17) is 26.8 Å². The molecule has 0 amide bonds. The Morgan fingerprint density at radius 3 is 2.45 bits per heavy atom. The largest absolute Gasteiger partial charge is 0.485 e. The lowest BCUT2D eigenvalue weighted by Gasteiger charge is -2.33. The third-order valence-electron chi connectivity index (χ3n) is 6.14. The summed E-state index contributed by atoms with van der Waals surface area (Å²) in [7, 11) is 1.95. The maximum atomic E-state index is 6.15. The summed E-state index contributed by atoms with van der Waals surface area (Å²) in [6, 6.07) is 18.2. The minimum absolute atomic E-state index is 0.277. The van der Waals surface area contributed by atoms with Crippen molar-refractivity contribution in [2.75, 3.05) is 39.3 Å². The molecule has 2 aliphatic rings. The van der Waals surface area contributed by atoms with Crippen LogP contribution in [0.15, 0.2) is 60.7 Å².